The van der Waals surface area contributed by atoms with E-state index in [0.717, 1.165) is 25.7 Å². The molecular formula is C8H13BrO. The summed E-state index contributed by atoms with van der Waals surface area (Å²) < 4.78 is 0. The Morgan fingerprint density at radius 2 is 1.70 bits per heavy atom. The summed E-state index contributed by atoms with van der Waals surface area (Å²) in [5.74, 6) is 0.458. The van der Waals surface area contributed by atoms with Gasteiger partial charge in [-0.1, -0.05) is 15.9 Å². The molecule has 1 fully saturated rings. The summed E-state index contributed by atoms with van der Waals surface area (Å²) in [6.45, 7) is 0. The number of Topliss-reactive ketones (excluding diaryl/α,β-unsaturated/α-hetero) is 1. The molecule has 1 nitrogen and oxygen atoms in total. The third-order valence-corrected chi connectivity index (χ3v) is 2.86. The van der Waals surface area contributed by atoms with E-state index in [-0.39, 0.29) is 0 Å². The molecule has 0 amide bonds. The van der Waals surface area contributed by atoms with Crippen LogP contribution in [0.3, 0.4) is 0 Å². The van der Waals surface area contributed by atoms with Gasteiger partial charge in [-0.2, -0.15) is 0 Å². The van der Waals surface area contributed by atoms with Crippen molar-refractivity contribution < 1.29 is 4.79 Å². The van der Waals surface area contributed by atoms with E-state index in [4.69, 9.17) is 0 Å². The Morgan fingerprint density at radius 1 is 1.20 bits per heavy atom. The first-order chi connectivity index (χ1) is 4.79. The first kappa shape index (κ1) is 8.25. The molecule has 0 heterocycles. The molecule has 0 aromatic rings. The van der Waals surface area contributed by atoms with Crippen molar-refractivity contribution >= 4 is 21.7 Å². The van der Waals surface area contributed by atoms with Gasteiger partial charge in [0.1, 0.15) is 5.78 Å². The van der Waals surface area contributed by atoms with Crippen LogP contribution in [0.15, 0.2) is 0 Å². The van der Waals surface area contributed by atoms with Crippen LogP contribution in [0.4, 0.5) is 0 Å². The van der Waals surface area contributed by atoms with Gasteiger partial charge in [-0.25, -0.2) is 0 Å². The van der Waals surface area contributed by atoms with Crippen LogP contribution in [0.5, 0.6) is 0 Å². The average molecular weight is 205 g/mol. The molecular weight excluding hydrogens is 192 g/mol. The normalized spacial score (nSPS) is 23.9. The summed E-state index contributed by atoms with van der Waals surface area (Å²) >= 11 is 3.58. The van der Waals surface area contributed by atoms with Crippen LogP contribution in [0.1, 0.15) is 38.5 Å². The summed E-state index contributed by atoms with van der Waals surface area (Å²) in [5.41, 5.74) is 0. The lowest BCUT2D eigenvalue weighted by Crippen LogP contribution is -2.07. The summed E-state index contributed by atoms with van der Waals surface area (Å²) in [4.78, 5) is 11.6. The summed E-state index contributed by atoms with van der Waals surface area (Å²) in [6.07, 6.45) is 6.12. The number of alkyl halides is 1. The maximum absolute atomic E-state index is 10.9. The SMILES string of the molecule is O=C1CCCC(Br)CCC1. The molecule has 0 atom stereocenters. The first-order valence-corrected chi connectivity index (χ1v) is 4.86. The van der Waals surface area contributed by atoms with Crippen molar-refractivity contribution in [1.29, 1.82) is 0 Å². The van der Waals surface area contributed by atoms with Crippen molar-refractivity contribution in [2.75, 3.05) is 0 Å². The van der Waals surface area contributed by atoms with Gasteiger partial charge >= 0.3 is 0 Å². The van der Waals surface area contributed by atoms with Gasteiger partial charge in [0.2, 0.25) is 0 Å². The predicted octanol–water partition coefficient (Wildman–Crippen LogP) is 2.67. The van der Waals surface area contributed by atoms with Crippen molar-refractivity contribution in [2.45, 2.75) is 43.4 Å². The molecule has 10 heavy (non-hydrogen) atoms. The lowest BCUT2D eigenvalue weighted by molar-refractivity contribution is -0.119. The molecule has 0 aromatic carbocycles. The fourth-order valence-electron chi connectivity index (χ4n) is 1.31. The van der Waals surface area contributed by atoms with Gasteiger partial charge in [0.15, 0.2) is 0 Å². The molecule has 0 spiro atoms. The molecule has 1 aliphatic rings. The van der Waals surface area contributed by atoms with Crippen molar-refractivity contribution in [3.05, 3.63) is 0 Å². The highest BCUT2D eigenvalue weighted by atomic mass is 79.9. The van der Waals surface area contributed by atoms with E-state index in [9.17, 15) is 4.79 Å². The number of hydrogen-bond acceptors (Lipinski definition) is 1. The van der Waals surface area contributed by atoms with Crippen molar-refractivity contribution in [3.63, 3.8) is 0 Å². The van der Waals surface area contributed by atoms with E-state index < -0.39 is 0 Å². The molecule has 1 rings (SSSR count). The number of halogens is 1. The predicted molar refractivity (Wildman–Crippen MR) is 45.4 cm³/mol. The Morgan fingerprint density at radius 3 is 2.20 bits per heavy atom. The minimum atomic E-state index is 0.458. The Kier molecular flexibility index (Phi) is 3.40. The average Bonchev–Trinajstić information content (AvgIpc) is 1.84. The molecule has 0 aromatic heterocycles. The van der Waals surface area contributed by atoms with Crippen LogP contribution >= 0.6 is 15.9 Å². The highest BCUT2D eigenvalue weighted by Gasteiger charge is 2.11. The highest BCUT2D eigenvalue weighted by molar-refractivity contribution is 9.09. The molecule has 1 saturated carbocycles. The van der Waals surface area contributed by atoms with Crippen molar-refractivity contribution in [1.82, 2.24) is 0 Å². The van der Waals surface area contributed by atoms with Gasteiger partial charge in [0.05, 0.1) is 0 Å². The van der Waals surface area contributed by atoms with Crippen molar-refractivity contribution in [2.24, 2.45) is 0 Å². The highest BCUT2D eigenvalue weighted by Crippen LogP contribution is 2.20. The van der Waals surface area contributed by atoms with Crippen molar-refractivity contribution in [3.8, 4) is 0 Å². The number of ketones is 1. The fraction of sp³-hybridized carbons (Fsp3) is 0.875. The van der Waals surface area contributed by atoms with E-state index >= 15 is 0 Å². The van der Waals surface area contributed by atoms with Crippen LogP contribution in [0, 0.1) is 0 Å². The van der Waals surface area contributed by atoms with E-state index in [0.29, 0.717) is 10.6 Å². The third kappa shape index (κ3) is 2.82. The standard InChI is InChI=1S/C8H13BrO/c9-7-3-1-5-8(10)6-2-4-7/h7H,1-6H2. The van der Waals surface area contributed by atoms with Gasteiger partial charge in [0, 0.05) is 17.7 Å². The Balaban J connectivity index is 2.27. The zero-order valence-electron chi connectivity index (χ0n) is 6.11. The topological polar surface area (TPSA) is 17.1 Å². The van der Waals surface area contributed by atoms with Gasteiger partial charge in [0.25, 0.3) is 0 Å². The van der Waals surface area contributed by atoms with Crippen LogP contribution in [-0.4, -0.2) is 10.6 Å². The van der Waals surface area contributed by atoms with Crippen LogP contribution < -0.4 is 0 Å². The summed E-state index contributed by atoms with van der Waals surface area (Å²) in [6, 6.07) is 0. The summed E-state index contributed by atoms with van der Waals surface area (Å²) in [5, 5.41) is 0. The Bertz CT molecular complexity index is 110. The Labute approximate surface area is 70.3 Å². The van der Waals surface area contributed by atoms with Gasteiger partial charge in [-0.15, -0.1) is 0 Å². The van der Waals surface area contributed by atoms with E-state index in [1.54, 1.807) is 0 Å². The summed E-state index contributed by atoms with van der Waals surface area (Å²) in [7, 11) is 0. The zero-order valence-corrected chi connectivity index (χ0v) is 7.69. The van der Waals surface area contributed by atoms with E-state index in [1.807, 2.05) is 0 Å². The van der Waals surface area contributed by atoms with Crippen LogP contribution in [0.25, 0.3) is 0 Å². The van der Waals surface area contributed by atoms with Crippen LogP contribution in [-0.2, 0) is 4.79 Å². The lowest BCUT2D eigenvalue weighted by Gasteiger charge is -2.12. The fourth-order valence-corrected chi connectivity index (χ4v) is 1.96. The van der Waals surface area contributed by atoms with Gasteiger partial charge in [-0.05, 0) is 25.7 Å². The van der Waals surface area contributed by atoms with E-state index in [1.165, 1.54) is 12.8 Å². The minimum Gasteiger partial charge on any atom is -0.300 e. The number of carbonyl (C=O) groups excluding carboxylic acids is 1. The molecule has 0 bridgehead atoms. The molecule has 58 valence electrons. The molecule has 0 unspecified atom stereocenters. The molecule has 0 radical (unpaired) electrons. The minimum absolute atomic E-state index is 0.458. The monoisotopic (exact) mass is 204 g/mol. The second-order valence-electron chi connectivity index (χ2n) is 2.92. The van der Waals surface area contributed by atoms with Gasteiger partial charge < -0.3 is 0 Å². The first-order valence-electron chi connectivity index (χ1n) is 3.95. The molecule has 0 N–H and O–H groups in total. The molecule has 0 saturated heterocycles. The van der Waals surface area contributed by atoms with Crippen LogP contribution in [0.2, 0.25) is 0 Å². The quantitative estimate of drug-likeness (QED) is 0.555. The largest absolute Gasteiger partial charge is 0.300 e. The number of rotatable bonds is 0. The maximum atomic E-state index is 10.9. The smallest absolute Gasteiger partial charge is 0.132 e. The second-order valence-corrected chi connectivity index (χ2v) is 4.22. The van der Waals surface area contributed by atoms with E-state index in [2.05, 4.69) is 15.9 Å². The third-order valence-electron chi connectivity index (χ3n) is 1.95. The molecule has 1 aliphatic carbocycles. The maximum Gasteiger partial charge on any atom is 0.132 e. The molecule has 0 aliphatic heterocycles. The zero-order chi connectivity index (χ0) is 7.40. The number of carbonyl (C=O) groups is 1. The molecule has 2 heteroatoms. The lowest BCUT2D eigenvalue weighted by atomic mass is 10.00. The second kappa shape index (κ2) is 4.12. The van der Waals surface area contributed by atoms with Gasteiger partial charge in [-0.3, -0.25) is 4.79 Å². The number of hydrogen-bond donors (Lipinski definition) is 0. The Hall–Kier alpha value is 0.150.